The van der Waals surface area contributed by atoms with Crippen LogP contribution in [0.1, 0.15) is 60.9 Å². The molecule has 5 heteroatoms. The van der Waals surface area contributed by atoms with E-state index in [1.54, 1.807) is 13.1 Å². The molecule has 0 radical (unpaired) electrons. The van der Waals surface area contributed by atoms with Crippen molar-refractivity contribution in [3.05, 3.63) is 23.3 Å². The van der Waals surface area contributed by atoms with Gasteiger partial charge in [0.25, 0.3) is 0 Å². The minimum atomic E-state index is -0.331. The summed E-state index contributed by atoms with van der Waals surface area (Å²) in [4.78, 5) is 20.9. The first-order valence-corrected chi connectivity index (χ1v) is 7.36. The van der Waals surface area contributed by atoms with E-state index in [-0.39, 0.29) is 11.9 Å². The van der Waals surface area contributed by atoms with Crippen LogP contribution < -0.4 is 0 Å². The van der Waals surface area contributed by atoms with Gasteiger partial charge in [-0.25, -0.2) is 14.8 Å². The summed E-state index contributed by atoms with van der Waals surface area (Å²) in [7, 11) is 0. The highest BCUT2D eigenvalue weighted by molar-refractivity contribution is 5.90. The van der Waals surface area contributed by atoms with Gasteiger partial charge in [-0.05, 0) is 26.2 Å². The predicted octanol–water partition coefficient (Wildman–Crippen LogP) is 2.50. The van der Waals surface area contributed by atoms with Crippen molar-refractivity contribution < 1.29 is 14.3 Å². The molecule has 1 fully saturated rings. The lowest BCUT2D eigenvalue weighted by Gasteiger charge is -2.21. The third-order valence-corrected chi connectivity index (χ3v) is 3.39. The number of aromatic nitrogens is 2. The second kappa shape index (κ2) is 7.33. The Balaban J connectivity index is 2.23. The molecular formula is C15H22N2O3. The molecule has 0 aliphatic carbocycles. The topological polar surface area (TPSA) is 61.3 Å². The number of carbonyl (C=O) groups excluding carboxylic acids is 1. The van der Waals surface area contributed by atoms with Gasteiger partial charge in [0.2, 0.25) is 0 Å². The van der Waals surface area contributed by atoms with Gasteiger partial charge in [-0.3, -0.25) is 0 Å². The molecule has 2 heterocycles. The van der Waals surface area contributed by atoms with Crippen molar-refractivity contribution in [3.63, 3.8) is 0 Å². The summed E-state index contributed by atoms with van der Waals surface area (Å²) >= 11 is 0. The van der Waals surface area contributed by atoms with Crippen molar-refractivity contribution in [2.24, 2.45) is 0 Å². The lowest BCUT2D eigenvalue weighted by Crippen LogP contribution is -2.20. The molecular weight excluding hydrogens is 256 g/mol. The third-order valence-electron chi connectivity index (χ3n) is 3.39. The zero-order chi connectivity index (χ0) is 14.4. The maximum Gasteiger partial charge on any atom is 0.341 e. The van der Waals surface area contributed by atoms with Crippen LogP contribution in [0, 0.1) is 0 Å². The molecule has 2 rings (SSSR count). The van der Waals surface area contributed by atoms with E-state index >= 15 is 0 Å². The standard InChI is InChI=1S/C15H22N2O3/c1-3-6-13-12(15(18)20-4-2)9-16-14(17-13)11-7-5-8-19-10-11/h9,11H,3-8,10H2,1-2H3. The van der Waals surface area contributed by atoms with Crippen LogP contribution in [-0.4, -0.2) is 35.8 Å². The molecule has 1 aromatic rings. The molecule has 0 amide bonds. The molecule has 1 aromatic heterocycles. The zero-order valence-corrected chi connectivity index (χ0v) is 12.2. The van der Waals surface area contributed by atoms with E-state index < -0.39 is 0 Å². The fraction of sp³-hybridized carbons (Fsp3) is 0.667. The van der Waals surface area contributed by atoms with E-state index in [0.29, 0.717) is 18.8 Å². The fourth-order valence-corrected chi connectivity index (χ4v) is 2.38. The van der Waals surface area contributed by atoms with Crippen molar-refractivity contribution in [1.29, 1.82) is 0 Å². The molecule has 20 heavy (non-hydrogen) atoms. The fourth-order valence-electron chi connectivity index (χ4n) is 2.38. The van der Waals surface area contributed by atoms with Crippen LogP contribution in [-0.2, 0) is 15.9 Å². The minimum absolute atomic E-state index is 0.246. The van der Waals surface area contributed by atoms with Crippen LogP contribution in [0.4, 0.5) is 0 Å². The lowest BCUT2D eigenvalue weighted by molar-refractivity contribution is 0.0523. The molecule has 1 atom stereocenters. The maximum absolute atomic E-state index is 11.9. The summed E-state index contributed by atoms with van der Waals surface area (Å²) in [5, 5.41) is 0. The summed E-state index contributed by atoms with van der Waals surface area (Å²) < 4.78 is 10.5. The average Bonchev–Trinajstić information content (AvgIpc) is 2.48. The Morgan fingerprint density at radius 3 is 3.00 bits per heavy atom. The van der Waals surface area contributed by atoms with E-state index in [1.165, 1.54) is 0 Å². The summed E-state index contributed by atoms with van der Waals surface area (Å²) in [6, 6.07) is 0. The van der Waals surface area contributed by atoms with E-state index in [2.05, 4.69) is 16.9 Å². The van der Waals surface area contributed by atoms with Crippen LogP contribution in [0.2, 0.25) is 0 Å². The number of carbonyl (C=O) groups is 1. The Morgan fingerprint density at radius 1 is 1.50 bits per heavy atom. The normalized spacial score (nSPS) is 18.8. The molecule has 5 nitrogen and oxygen atoms in total. The smallest absolute Gasteiger partial charge is 0.341 e. The number of rotatable bonds is 5. The van der Waals surface area contributed by atoms with Gasteiger partial charge in [0.1, 0.15) is 5.82 Å². The van der Waals surface area contributed by atoms with Gasteiger partial charge < -0.3 is 9.47 Å². The first-order chi connectivity index (χ1) is 9.76. The average molecular weight is 278 g/mol. The van der Waals surface area contributed by atoms with Crippen LogP contribution in [0.25, 0.3) is 0 Å². The maximum atomic E-state index is 11.9. The lowest BCUT2D eigenvalue weighted by atomic mass is 10.0. The number of aryl methyl sites for hydroxylation is 1. The first kappa shape index (κ1) is 14.9. The highest BCUT2D eigenvalue weighted by Crippen LogP contribution is 2.23. The van der Waals surface area contributed by atoms with Crippen molar-refractivity contribution in [1.82, 2.24) is 9.97 Å². The monoisotopic (exact) mass is 278 g/mol. The largest absolute Gasteiger partial charge is 0.462 e. The number of nitrogens with zero attached hydrogens (tertiary/aromatic N) is 2. The van der Waals surface area contributed by atoms with Gasteiger partial charge in [0, 0.05) is 18.7 Å². The van der Waals surface area contributed by atoms with Crippen molar-refractivity contribution >= 4 is 5.97 Å². The van der Waals surface area contributed by atoms with Crippen LogP contribution in [0.5, 0.6) is 0 Å². The predicted molar refractivity (Wildman–Crippen MR) is 74.8 cm³/mol. The highest BCUT2D eigenvalue weighted by atomic mass is 16.5. The number of ether oxygens (including phenoxy) is 2. The van der Waals surface area contributed by atoms with Gasteiger partial charge >= 0.3 is 5.97 Å². The van der Waals surface area contributed by atoms with Crippen LogP contribution in [0.15, 0.2) is 6.20 Å². The zero-order valence-electron chi connectivity index (χ0n) is 12.2. The van der Waals surface area contributed by atoms with E-state index in [4.69, 9.17) is 9.47 Å². The van der Waals surface area contributed by atoms with Gasteiger partial charge in [0.15, 0.2) is 0 Å². The quantitative estimate of drug-likeness (QED) is 0.774. The first-order valence-electron chi connectivity index (χ1n) is 7.36. The minimum Gasteiger partial charge on any atom is -0.462 e. The molecule has 1 unspecified atom stereocenters. The Hall–Kier alpha value is -1.49. The van der Waals surface area contributed by atoms with Gasteiger partial charge in [-0.2, -0.15) is 0 Å². The molecule has 1 saturated heterocycles. The Morgan fingerprint density at radius 2 is 2.35 bits per heavy atom. The van der Waals surface area contributed by atoms with E-state index in [9.17, 15) is 4.79 Å². The van der Waals surface area contributed by atoms with Gasteiger partial charge in [0.05, 0.1) is 24.5 Å². The molecule has 1 aliphatic heterocycles. The summed E-state index contributed by atoms with van der Waals surface area (Å²) in [6.45, 7) is 5.72. The van der Waals surface area contributed by atoms with Crippen LogP contribution in [0.3, 0.4) is 0 Å². The molecule has 1 aliphatic rings. The molecule has 0 aromatic carbocycles. The van der Waals surface area contributed by atoms with E-state index in [0.717, 1.165) is 43.8 Å². The van der Waals surface area contributed by atoms with Crippen LogP contribution >= 0.6 is 0 Å². The third kappa shape index (κ3) is 3.54. The van der Waals surface area contributed by atoms with Crippen molar-refractivity contribution in [2.75, 3.05) is 19.8 Å². The molecule has 110 valence electrons. The molecule has 0 N–H and O–H groups in total. The second-order valence-corrected chi connectivity index (χ2v) is 4.97. The summed E-state index contributed by atoms with van der Waals surface area (Å²) in [6.07, 6.45) is 5.39. The molecule has 0 spiro atoms. The Bertz CT molecular complexity index is 456. The van der Waals surface area contributed by atoms with E-state index in [1.807, 2.05) is 0 Å². The summed E-state index contributed by atoms with van der Waals surface area (Å²) in [5.74, 6) is 0.708. The van der Waals surface area contributed by atoms with Gasteiger partial charge in [-0.15, -0.1) is 0 Å². The van der Waals surface area contributed by atoms with Crippen molar-refractivity contribution in [2.45, 2.75) is 45.4 Å². The molecule has 0 bridgehead atoms. The van der Waals surface area contributed by atoms with Crippen molar-refractivity contribution in [3.8, 4) is 0 Å². The highest BCUT2D eigenvalue weighted by Gasteiger charge is 2.22. The number of esters is 1. The SMILES string of the molecule is CCCc1nc(C2CCCOC2)ncc1C(=O)OCC. The Kier molecular flexibility index (Phi) is 5.47. The molecule has 0 saturated carbocycles. The second-order valence-electron chi connectivity index (χ2n) is 4.97. The number of hydrogen-bond donors (Lipinski definition) is 0. The summed E-state index contributed by atoms with van der Waals surface area (Å²) in [5.41, 5.74) is 1.29. The number of hydrogen-bond acceptors (Lipinski definition) is 5. The Labute approximate surface area is 119 Å². The van der Waals surface area contributed by atoms with Gasteiger partial charge in [-0.1, -0.05) is 13.3 Å².